The highest BCUT2D eigenvalue weighted by atomic mass is 16.4. The minimum absolute atomic E-state index is 0.0159. The van der Waals surface area contributed by atoms with Crippen LogP contribution in [0.1, 0.15) is 39.5 Å². The second kappa shape index (κ2) is 5.38. The average molecular weight is 242 g/mol. The van der Waals surface area contributed by atoms with Crippen molar-refractivity contribution in [2.75, 3.05) is 13.6 Å². The predicted octanol–water partition coefficient (Wildman–Crippen LogP) is 1.68. The van der Waals surface area contributed by atoms with E-state index in [0.29, 0.717) is 0 Å². The summed E-state index contributed by atoms with van der Waals surface area (Å²) in [6.07, 6.45) is 3.25. The summed E-state index contributed by atoms with van der Waals surface area (Å²) in [5.41, 5.74) is 0.142. The van der Waals surface area contributed by atoms with Crippen LogP contribution in [0, 0.1) is 5.41 Å². The van der Waals surface area contributed by atoms with Crippen molar-refractivity contribution in [2.45, 2.75) is 45.6 Å². The van der Waals surface area contributed by atoms with Gasteiger partial charge in [-0.05, 0) is 18.3 Å². The molecule has 5 heteroatoms. The number of amides is 2. The van der Waals surface area contributed by atoms with Crippen LogP contribution in [0.25, 0.3) is 0 Å². The quantitative estimate of drug-likeness (QED) is 0.788. The number of rotatable bonds is 4. The fraction of sp³-hybridized carbons (Fsp3) is 0.833. The molecule has 0 aromatic carbocycles. The van der Waals surface area contributed by atoms with Crippen LogP contribution >= 0.6 is 0 Å². The van der Waals surface area contributed by atoms with Gasteiger partial charge in [-0.2, -0.15) is 0 Å². The van der Waals surface area contributed by atoms with Gasteiger partial charge in [0.15, 0.2) is 0 Å². The third-order valence-corrected chi connectivity index (χ3v) is 3.56. The number of nitrogens with zero attached hydrogens (tertiary/aromatic N) is 1. The Morgan fingerprint density at radius 1 is 1.47 bits per heavy atom. The van der Waals surface area contributed by atoms with Crippen LogP contribution in [0.3, 0.4) is 0 Å². The van der Waals surface area contributed by atoms with Crippen LogP contribution in [0.15, 0.2) is 0 Å². The molecule has 1 aliphatic rings. The van der Waals surface area contributed by atoms with Crippen molar-refractivity contribution in [1.29, 1.82) is 0 Å². The van der Waals surface area contributed by atoms with Crippen molar-refractivity contribution < 1.29 is 14.7 Å². The third-order valence-electron chi connectivity index (χ3n) is 3.56. The van der Waals surface area contributed by atoms with Crippen LogP contribution in [0.4, 0.5) is 4.79 Å². The largest absolute Gasteiger partial charge is 0.481 e. The van der Waals surface area contributed by atoms with E-state index in [1.807, 2.05) is 0 Å². The number of hydrogen-bond acceptors (Lipinski definition) is 2. The summed E-state index contributed by atoms with van der Waals surface area (Å²) in [5.74, 6) is -0.883. The lowest BCUT2D eigenvalue weighted by molar-refractivity contribution is -0.137. The fourth-order valence-corrected chi connectivity index (χ4v) is 2.22. The van der Waals surface area contributed by atoms with E-state index in [1.54, 1.807) is 7.05 Å². The molecule has 1 saturated carbocycles. The summed E-state index contributed by atoms with van der Waals surface area (Å²) < 4.78 is 0. The topological polar surface area (TPSA) is 69.6 Å². The maximum atomic E-state index is 11.8. The lowest BCUT2D eigenvalue weighted by Crippen LogP contribution is -2.47. The monoisotopic (exact) mass is 242 g/mol. The minimum Gasteiger partial charge on any atom is -0.481 e. The Labute approximate surface area is 102 Å². The summed E-state index contributed by atoms with van der Waals surface area (Å²) in [7, 11) is 1.63. The number of carboxylic acid groups (broad SMARTS) is 1. The highest BCUT2D eigenvalue weighted by Crippen LogP contribution is 2.37. The highest BCUT2D eigenvalue weighted by molar-refractivity contribution is 5.75. The van der Waals surface area contributed by atoms with E-state index in [2.05, 4.69) is 19.2 Å². The van der Waals surface area contributed by atoms with Gasteiger partial charge >= 0.3 is 12.0 Å². The van der Waals surface area contributed by atoms with Crippen molar-refractivity contribution >= 4 is 12.0 Å². The molecule has 5 nitrogen and oxygen atoms in total. The average Bonchev–Trinajstić information content (AvgIpc) is 2.54. The molecule has 1 rings (SSSR count). The van der Waals surface area contributed by atoms with Gasteiger partial charge in [-0.25, -0.2) is 4.79 Å². The number of nitrogens with one attached hydrogen (secondary N) is 1. The Morgan fingerprint density at radius 2 is 2.12 bits per heavy atom. The molecular formula is C12H22N2O3. The molecule has 1 fully saturated rings. The number of aliphatic carboxylic acids is 1. The van der Waals surface area contributed by atoms with Crippen molar-refractivity contribution in [3.8, 4) is 0 Å². The van der Waals surface area contributed by atoms with Gasteiger partial charge in [0.1, 0.15) is 0 Å². The summed E-state index contributed by atoms with van der Waals surface area (Å²) in [6, 6.07) is 0.0218. The second-order valence-electron chi connectivity index (χ2n) is 5.45. The smallest absolute Gasteiger partial charge is 0.317 e. The molecule has 0 bridgehead atoms. The van der Waals surface area contributed by atoms with Gasteiger partial charge in [0.25, 0.3) is 0 Å². The lowest BCUT2D eigenvalue weighted by Gasteiger charge is -2.29. The van der Waals surface area contributed by atoms with Crippen molar-refractivity contribution in [3.63, 3.8) is 0 Å². The Hall–Kier alpha value is -1.26. The zero-order chi connectivity index (χ0) is 13.1. The third kappa shape index (κ3) is 3.91. The van der Waals surface area contributed by atoms with Gasteiger partial charge in [0.05, 0.1) is 6.42 Å². The van der Waals surface area contributed by atoms with Gasteiger partial charge in [0, 0.05) is 19.6 Å². The lowest BCUT2D eigenvalue weighted by atomic mass is 9.87. The molecule has 1 atom stereocenters. The van der Waals surface area contributed by atoms with Gasteiger partial charge in [0.2, 0.25) is 0 Å². The molecule has 1 unspecified atom stereocenters. The predicted molar refractivity (Wildman–Crippen MR) is 64.8 cm³/mol. The molecule has 98 valence electrons. The van der Waals surface area contributed by atoms with Gasteiger partial charge in [-0.1, -0.05) is 20.3 Å². The van der Waals surface area contributed by atoms with E-state index in [-0.39, 0.29) is 30.5 Å². The van der Waals surface area contributed by atoms with E-state index in [0.717, 1.165) is 19.3 Å². The molecule has 0 aromatic rings. The molecular weight excluding hydrogens is 220 g/mol. The summed E-state index contributed by atoms with van der Waals surface area (Å²) in [4.78, 5) is 23.7. The van der Waals surface area contributed by atoms with E-state index < -0.39 is 5.97 Å². The summed E-state index contributed by atoms with van der Waals surface area (Å²) >= 11 is 0. The number of carboxylic acids is 1. The Bertz CT molecular complexity index is 302. The molecule has 0 radical (unpaired) electrons. The summed E-state index contributed by atoms with van der Waals surface area (Å²) in [6.45, 7) is 4.55. The molecule has 2 N–H and O–H groups in total. The van der Waals surface area contributed by atoms with Gasteiger partial charge in [-0.3, -0.25) is 4.79 Å². The molecule has 0 spiro atoms. The fourth-order valence-electron chi connectivity index (χ4n) is 2.22. The first-order valence-electron chi connectivity index (χ1n) is 6.06. The SMILES string of the molecule is CN(CCC(=O)O)C(=O)NC1CCCC1(C)C. The van der Waals surface area contributed by atoms with E-state index in [4.69, 9.17) is 5.11 Å². The first-order chi connectivity index (χ1) is 7.83. The molecule has 17 heavy (non-hydrogen) atoms. The number of carbonyl (C=O) groups excluding carboxylic acids is 1. The van der Waals surface area contributed by atoms with E-state index in [9.17, 15) is 9.59 Å². The zero-order valence-electron chi connectivity index (χ0n) is 10.8. The number of hydrogen-bond donors (Lipinski definition) is 2. The van der Waals surface area contributed by atoms with E-state index >= 15 is 0 Å². The van der Waals surface area contributed by atoms with Crippen LogP contribution in [0.5, 0.6) is 0 Å². The van der Waals surface area contributed by atoms with Crippen molar-refractivity contribution in [3.05, 3.63) is 0 Å². The second-order valence-corrected chi connectivity index (χ2v) is 5.45. The maximum absolute atomic E-state index is 11.8. The van der Waals surface area contributed by atoms with Crippen LogP contribution < -0.4 is 5.32 Å². The first-order valence-corrected chi connectivity index (χ1v) is 6.06. The van der Waals surface area contributed by atoms with Gasteiger partial charge < -0.3 is 15.3 Å². The summed E-state index contributed by atoms with van der Waals surface area (Å²) in [5, 5.41) is 11.5. The van der Waals surface area contributed by atoms with Crippen molar-refractivity contribution in [1.82, 2.24) is 10.2 Å². The highest BCUT2D eigenvalue weighted by Gasteiger charge is 2.35. The Kier molecular flexibility index (Phi) is 4.37. The number of carbonyl (C=O) groups is 2. The van der Waals surface area contributed by atoms with Crippen LogP contribution in [-0.4, -0.2) is 41.6 Å². The minimum atomic E-state index is -0.883. The van der Waals surface area contributed by atoms with Crippen LogP contribution in [0.2, 0.25) is 0 Å². The van der Waals surface area contributed by atoms with Gasteiger partial charge in [-0.15, -0.1) is 0 Å². The molecule has 0 aromatic heterocycles. The standard InChI is InChI=1S/C12H22N2O3/c1-12(2)7-4-5-9(12)13-11(17)14(3)8-6-10(15)16/h9H,4-8H2,1-3H3,(H,13,17)(H,15,16). The number of urea groups is 1. The normalized spacial score (nSPS) is 22.2. The molecule has 0 heterocycles. The maximum Gasteiger partial charge on any atom is 0.317 e. The zero-order valence-corrected chi connectivity index (χ0v) is 10.8. The molecule has 0 saturated heterocycles. The molecule has 0 aliphatic heterocycles. The van der Waals surface area contributed by atoms with Crippen LogP contribution in [-0.2, 0) is 4.79 Å². The van der Waals surface area contributed by atoms with E-state index in [1.165, 1.54) is 4.90 Å². The molecule has 2 amide bonds. The Balaban J connectivity index is 2.40. The molecule has 1 aliphatic carbocycles. The first kappa shape index (κ1) is 13.8. The van der Waals surface area contributed by atoms with Crippen molar-refractivity contribution in [2.24, 2.45) is 5.41 Å². The Morgan fingerprint density at radius 3 is 2.59 bits per heavy atom.